The number of nitrogens with zero attached hydrogens (tertiary/aromatic N) is 1. The molecule has 0 aliphatic carbocycles. The van der Waals surface area contributed by atoms with Gasteiger partial charge in [-0.25, -0.2) is 8.42 Å². The van der Waals surface area contributed by atoms with Gasteiger partial charge < -0.3 is 4.74 Å². The highest BCUT2D eigenvalue weighted by Gasteiger charge is 2.35. The summed E-state index contributed by atoms with van der Waals surface area (Å²) in [6.07, 6.45) is 1.24. The van der Waals surface area contributed by atoms with Gasteiger partial charge in [-0.1, -0.05) is 20.8 Å². The van der Waals surface area contributed by atoms with E-state index in [0.717, 1.165) is 0 Å². The molecule has 0 aliphatic heterocycles. The molecule has 0 aromatic rings. The van der Waals surface area contributed by atoms with Crippen LogP contribution in [0.3, 0.4) is 0 Å². The van der Waals surface area contributed by atoms with E-state index in [4.69, 9.17) is 4.74 Å². The highest BCUT2D eigenvalue weighted by molar-refractivity contribution is 7.88. The lowest BCUT2D eigenvalue weighted by Gasteiger charge is -2.40. The van der Waals surface area contributed by atoms with E-state index in [9.17, 15) is 8.42 Å². The molecule has 0 amide bonds. The predicted molar refractivity (Wildman–Crippen MR) is 80.8 cm³/mol. The molecule has 0 N–H and O–H groups in total. The van der Waals surface area contributed by atoms with Crippen LogP contribution >= 0.6 is 0 Å². The molecule has 0 fully saturated rings. The van der Waals surface area contributed by atoms with Gasteiger partial charge in [-0.3, -0.25) is 0 Å². The second-order valence-corrected chi connectivity index (χ2v) is 9.52. The van der Waals surface area contributed by atoms with Crippen molar-refractivity contribution in [2.24, 2.45) is 5.41 Å². The minimum Gasteiger partial charge on any atom is -0.374 e. The maximum absolute atomic E-state index is 11.8. The first-order chi connectivity index (χ1) is 8.09. The number of hydrogen-bond acceptors (Lipinski definition) is 3. The Balaban J connectivity index is 4.72. The van der Waals surface area contributed by atoms with Crippen LogP contribution in [0.15, 0.2) is 0 Å². The molecule has 5 heteroatoms. The van der Waals surface area contributed by atoms with Crippen LogP contribution in [0.5, 0.6) is 0 Å². The minimum atomic E-state index is -3.22. The summed E-state index contributed by atoms with van der Waals surface area (Å²) >= 11 is 0. The maximum Gasteiger partial charge on any atom is 0.211 e. The third-order valence-electron chi connectivity index (χ3n) is 3.71. The van der Waals surface area contributed by atoms with E-state index >= 15 is 0 Å². The molecule has 0 aromatic heterocycles. The number of sulfonamides is 1. The van der Waals surface area contributed by atoms with Crippen LogP contribution in [0.1, 0.15) is 55.4 Å². The van der Waals surface area contributed by atoms with Crippen molar-refractivity contribution in [1.29, 1.82) is 0 Å². The lowest BCUT2D eigenvalue weighted by molar-refractivity contribution is -0.0936. The highest BCUT2D eigenvalue weighted by Crippen LogP contribution is 2.33. The molecule has 0 rings (SSSR count). The smallest absolute Gasteiger partial charge is 0.211 e. The minimum absolute atomic E-state index is 0.00462. The summed E-state index contributed by atoms with van der Waals surface area (Å²) in [5.41, 5.74) is -0.721. The Labute approximate surface area is 119 Å². The molecule has 19 heavy (non-hydrogen) atoms. The zero-order valence-electron chi connectivity index (χ0n) is 14.0. The van der Waals surface area contributed by atoms with Crippen molar-refractivity contribution in [1.82, 2.24) is 4.31 Å². The number of hydrogen-bond donors (Lipinski definition) is 0. The van der Waals surface area contributed by atoms with Gasteiger partial charge in [-0.05, 0) is 40.0 Å². The van der Waals surface area contributed by atoms with Crippen LogP contribution in [-0.2, 0) is 14.8 Å². The quantitative estimate of drug-likeness (QED) is 0.783. The fourth-order valence-electron chi connectivity index (χ4n) is 1.60. The molecule has 0 heterocycles. The largest absolute Gasteiger partial charge is 0.374 e. The van der Waals surface area contributed by atoms with Crippen LogP contribution in [0.2, 0.25) is 0 Å². The Kier molecular flexibility index (Phi) is 5.66. The molecular weight excluding hydrogens is 262 g/mol. The standard InChI is InChI=1S/C14H31NO3S/c1-12(2,3)14(7,8)18-11-10-15(13(4,5)6)19(9,16)17/h10-11H2,1-9H3. The van der Waals surface area contributed by atoms with Gasteiger partial charge in [-0.15, -0.1) is 0 Å². The van der Waals surface area contributed by atoms with E-state index in [1.165, 1.54) is 10.6 Å². The Morgan fingerprint density at radius 2 is 1.37 bits per heavy atom. The summed E-state index contributed by atoms with van der Waals surface area (Å²) in [5.74, 6) is 0. The van der Waals surface area contributed by atoms with E-state index in [2.05, 4.69) is 20.8 Å². The van der Waals surface area contributed by atoms with Crippen LogP contribution in [0.25, 0.3) is 0 Å². The normalized spacial score (nSPS) is 15.1. The average Bonchev–Trinajstić information content (AvgIpc) is 2.05. The molecule has 0 unspecified atom stereocenters. The fourth-order valence-corrected chi connectivity index (χ4v) is 3.00. The first-order valence-electron chi connectivity index (χ1n) is 6.71. The van der Waals surface area contributed by atoms with Crippen molar-refractivity contribution in [2.45, 2.75) is 66.5 Å². The molecule has 4 nitrogen and oxygen atoms in total. The van der Waals surface area contributed by atoms with Gasteiger partial charge in [0.05, 0.1) is 18.5 Å². The maximum atomic E-state index is 11.8. The van der Waals surface area contributed by atoms with Crippen LogP contribution in [0, 0.1) is 5.41 Å². The lowest BCUT2D eigenvalue weighted by Crippen LogP contribution is -2.48. The monoisotopic (exact) mass is 293 g/mol. The molecule has 0 bridgehead atoms. The summed E-state index contributed by atoms with van der Waals surface area (Å²) in [6, 6.07) is 0. The van der Waals surface area contributed by atoms with Gasteiger partial charge in [0, 0.05) is 12.1 Å². The van der Waals surface area contributed by atoms with Gasteiger partial charge in [-0.2, -0.15) is 4.31 Å². The second-order valence-electron chi connectivity index (χ2n) is 7.61. The summed E-state index contributed by atoms with van der Waals surface area (Å²) in [7, 11) is -3.22. The summed E-state index contributed by atoms with van der Waals surface area (Å²) < 4.78 is 31.0. The molecule has 0 spiro atoms. The van der Waals surface area contributed by atoms with Gasteiger partial charge in [0.25, 0.3) is 0 Å². The van der Waals surface area contributed by atoms with Gasteiger partial charge in [0.1, 0.15) is 0 Å². The van der Waals surface area contributed by atoms with E-state index in [-0.39, 0.29) is 11.0 Å². The van der Waals surface area contributed by atoms with Crippen molar-refractivity contribution in [2.75, 3.05) is 19.4 Å². The topological polar surface area (TPSA) is 46.6 Å². The predicted octanol–water partition coefficient (Wildman–Crippen LogP) is 2.89. The zero-order chi connectivity index (χ0) is 15.7. The fraction of sp³-hybridized carbons (Fsp3) is 1.00. The van der Waals surface area contributed by atoms with Crippen LogP contribution < -0.4 is 0 Å². The molecule has 116 valence electrons. The van der Waals surface area contributed by atoms with Gasteiger partial charge >= 0.3 is 0 Å². The van der Waals surface area contributed by atoms with Gasteiger partial charge in [0.15, 0.2) is 0 Å². The van der Waals surface area contributed by atoms with Crippen LogP contribution in [-0.4, -0.2) is 43.3 Å². The summed E-state index contributed by atoms with van der Waals surface area (Å²) in [5, 5.41) is 0. The van der Waals surface area contributed by atoms with Crippen molar-refractivity contribution in [3.63, 3.8) is 0 Å². The molecule has 0 saturated carbocycles. The zero-order valence-corrected chi connectivity index (χ0v) is 14.8. The van der Waals surface area contributed by atoms with E-state index in [0.29, 0.717) is 13.2 Å². The molecule has 0 aromatic carbocycles. The third-order valence-corrected chi connectivity index (χ3v) is 5.24. The molecule has 0 aliphatic rings. The average molecular weight is 293 g/mol. The number of rotatable bonds is 5. The van der Waals surface area contributed by atoms with Crippen LogP contribution in [0.4, 0.5) is 0 Å². The Morgan fingerprint density at radius 1 is 0.947 bits per heavy atom. The Morgan fingerprint density at radius 3 is 1.63 bits per heavy atom. The lowest BCUT2D eigenvalue weighted by atomic mass is 9.79. The van der Waals surface area contributed by atoms with E-state index in [1.54, 1.807) is 0 Å². The molecule has 0 radical (unpaired) electrons. The molecule has 0 atom stereocenters. The third kappa shape index (κ3) is 5.79. The molecular formula is C14H31NO3S. The Bertz CT molecular complexity index is 386. The van der Waals surface area contributed by atoms with Gasteiger partial charge in [0.2, 0.25) is 10.0 Å². The first kappa shape index (κ1) is 18.9. The second kappa shape index (κ2) is 5.70. The van der Waals surface area contributed by atoms with E-state index < -0.39 is 15.6 Å². The van der Waals surface area contributed by atoms with Crippen molar-refractivity contribution >= 4 is 10.0 Å². The SMILES string of the molecule is CC(C)(C)N(CCOC(C)(C)C(C)(C)C)S(C)(=O)=O. The van der Waals surface area contributed by atoms with E-state index in [1.807, 2.05) is 34.6 Å². The summed E-state index contributed by atoms with van der Waals surface area (Å²) in [6.45, 7) is 16.9. The van der Waals surface area contributed by atoms with Crippen molar-refractivity contribution < 1.29 is 13.2 Å². The number of ether oxygens (including phenoxy) is 1. The first-order valence-corrected chi connectivity index (χ1v) is 8.56. The van der Waals surface area contributed by atoms with Crippen molar-refractivity contribution in [3.8, 4) is 0 Å². The molecule has 0 saturated heterocycles. The summed E-state index contributed by atoms with van der Waals surface area (Å²) in [4.78, 5) is 0. The van der Waals surface area contributed by atoms with Crippen molar-refractivity contribution in [3.05, 3.63) is 0 Å². The highest BCUT2D eigenvalue weighted by atomic mass is 32.2. The Hall–Kier alpha value is -0.130.